The minimum absolute atomic E-state index is 0.0380. The molecule has 0 aliphatic carbocycles. The minimum atomic E-state index is -4.74. The molecule has 6 nitrogen and oxygen atoms in total. The molecule has 1 aliphatic rings. The van der Waals surface area contributed by atoms with E-state index in [0.717, 1.165) is 28.6 Å². The van der Waals surface area contributed by atoms with Crippen molar-refractivity contribution in [2.45, 2.75) is 18.1 Å². The van der Waals surface area contributed by atoms with E-state index in [-0.39, 0.29) is 35.6 Å². The first-order valence-electron chi connectivity index (χ1n) is 9.40. The van der Waals surface area contributed by atoms with Crippen molar-refractivity contribution in [3.63, 3.8) is 0 Å². The third kappa shape index (κ3) is 4.38. The molecule has 2 unspecified atom stereocenters. The Morgan fingerprint density at radius 1 is 1.06 bits per heavy atom. The van der Waals surface area contributed by atoms with Crippen LogP contribution >= 0.6 is 0 Å². The van der Waals surface area contributed by atoms with Gasteiger partial charge in [-0.2, -0.15) is 25.9 Å². The number of rotatable bonds is 5. The average molecular weight is 472 g/mol. The zero-order chi connectivity index (χ0) is 23.3. The summed E-state index contributed by atoms with van der Waals surface area (Å²) in [5, 5.41) is 8.17. The van der Waals surface area contributed by atoms with E-state index >= 15 is 0 Å². The van der Waals surface area contributed by atoms with Crippen molar-refractivity contribution >= 4 is 26.8 Å². The number of nitrogens with one attached hydrogen (secondary N) is 1. The van der Waals surface area contributed by atoms with Gasteiger partial charge >= 0.3 is 6.18 Å². The quantitative estimate of drug-likeness (QED) is 0.556. The third-order valence-electron chi connectivity index (χ3n) is 5.40. The molecule has 2 heterocycles. The molecule has 0 amide bonds. The number of aromatic nitrogens is 1. The van der Waals surface area contributed by atoms with E-state index in [9.17, 15) is 30.4 Å². The number of fused-ring (bicyclic) bond motifs is 1. The van der Waals surface area contributed by atoms with Crippen molar-refractivity contribution in [2.24, 2.45) is 5.14 Å². The van der Waals surface area contributed by atoms with Crippen molar-refractivity contribution in [3.05, 3.63) is 71.4 Å². The van der Waals surface area contributed by atoms with Crippen LogP contribution in [0.25, 0.3) is 10.9 Å². The summed E-state index contributed by atoms with van der Waals surface area (Å²) in [4.78, 5) is 3.54. The Labute approximate surface area is 180 Å². The number of anilines is 1. The smallest absolute Gasteiger partial charge is 0.383 e. The summed E-state index contributed by atoms with van der Waals surface area (Å²) in [6.45, 7) is -0.0816. The number of pyridine rings is 1. The molecule has 1 aliphatic heterocycles. The lowest BCUT2D eigenvalue weighted by atomic mass is 9.84. The molecule has 0 saturated carbocycles. The second kappa shape index (κ2) is 7.94. The van der Waals surface area contributed by atoms with Gasteiger partial charge in [-0.15, -0.1) is 0 Å². The summed E-state index contributed by atoms with van der Waals surface area (Å²) in [5.74, 6) is -1.49. The Balaban J connectivity index is 1.68. The second-order valence-electron chi connectivity index (χ2n) is 7.44. The predicted molar refractivity (Wildman–Crippen MR) is 108 cm³/mol. The van der Waals surface area contributed by atoms with E-state index in [4.69, 9.17) is 5.14 Å². The molecule has 0 radical (unpaired) electrons. The predicted octanol–water partition coefficient (Wildman–Crippen LogP) is 3.62. The number of nitrogens with zero attached hydrogens (tertiary/aromatic N) is 2. The van der Waals surface area contributed by atoms with Gasteiger partial charge in [-0.05, 0) is 42.0 Å². The fourth-order valence-electron chi connectivity index (χ4n) is 3.79. The first kappa shape index (κ1) is 22.4. The highest BCUT2D eigenvalue weighted by molar-refractivity contribution is 7.86. The van der Waals surface area contributed by atoms with E-state index in [1.165, 1.54) is 24.3 Å². The highest BCUT2D eigenvalue weighted by Crippen LogP contribution is 2.37. The van der Waals surface area contributed by atoms with Gasteiger partial charge in [-0.25, -0.2) is 18.9 Å². The molecule has 1 saturated heterocycles. The molecule has 2 aromatic carbocycles. The lowest BCUT2D eigenvalue weighted by Crippen LogP contribution is -2.61. The monoisotopic (exact) mass is 472 g/mol. The summed E-state index contributed by atoms with van der Waals surface area (Å²) in [5.41, 5.74) is -0.650. The number of hydrogen-bond acceptors (Lipinski definition) is 4. The van der Waals surface area contributed by atoms with Crippen LogP contribution in [-0.4, -0.2) is 36.8 Å². The Kier molecular flexibility index (Phi) is 5.55. The largest absolute Gasteiger partial charge is 0.433 e. The SMILES string of the molecule is NS(=O)(=O)N1CC(c2ccc(F)cc2)C1CNc1cc(C(F)(F)F)nc2ccc(F)cc12. The molecular weight excluding hydrogens is 455 g/mol. The number of alkyl halides is 3. The van der Waals surface area contributed by atoms with Crippen LogP contribution in [0.5, 0.6) is 0 Å². The number of halogens is 5. The molecule has 12 heteroatoms. The van der Waals surface area contributed by atoms with E-state index < -0.39 is 39.8 Å². The highest BCUT2D eigenvalue weighted by atomic mass is 32.2. The molecular formula is C20H17F5N4O2S. The standard InChI is InChI=1S/C20H17F5N4O2S/c21-12-3-1-11(2-4-12)15-10-29(32(26,30)31)18(15)9-27-17-8-19(20(23,24)25)28-16-6-5-13(22)7-14(16)17/h1-8,15,18H,9-10H2,(H,27,28)(H2,26,30,31). The van der Waals surface area contributed by atoms with Gasteiger partial charge in [0, 0.05) is 30.1 Å². The highest BCUT2D eigenvalue weighted by Gasteiger charge is 2.45. The van der Waals surface area contributed by atoms with E-state index in [1.54, 1.807) is 0 Å². The maximum atomic E-state index is 13.7. The van der Waals surface area contributed by atoms with Crippen LogP contribution in [0.4, 0.5) is 27.6 Å². The third-order valence-corrected chi connectivity index (χ3v) is 6.47. The van der Waals surface area contributed by atoms with Crippen LogP contribution in [0.15, 0.2) is 48.5 Å². The lowest BCUT2D eigenvalue weighted by molar-refractivity contribution is -0.140. The first-order valence-corrected chi connectivity index (χ1v) is 10.9. The van der Waals surface area contributed by atoms with E-state index in [2.05, 4.69) is 10.3 Å². The van der Waals surface area contributed by atoms with Crippen molar-refractivity contribution in [2.75, 3.05) is 18.4 Å². The van der Waals surface area contributed by atoms with Gasteiger partial charge in [0.15, 0.2) is 0 Å². The molecule has 1 aromatic heterocycles. The van der Waals surface area contributed by atoms with Crippen LogP contribution in [0.2, 0.25) is 0 Å². The Morgan fingerprint density at radius 2 is 1.72 bits per heavy atom. The Morgan fingerprint density at radius 3 is 2.34 bits per heavy atom. The molecule has 4 rings (SSSR count). The maximum absolute atomic E-state index is 13.7. The van der Waals surface area contributed by atoms with E-state index in [1.807, 2.05) is 0 Å². The van der Waals surface area contributed by atoms with Crippen molar-refractivity contribution in [1.29, 1.82) is 0 Å². The maximum Gasteiger partial charge on any atom is 0.433 e. The number of hydrogen-bond donors (Lipinski definition) is 2. The molecule has 0 spiro atoms. The van der Waals surface area contributed by atoms with Gasteiger partial charge < -0.3 is 5.32 Å². The minimum Gasteiger partial charge on any atom is -0.383 e. The summed E-state index contributed by atoms with van der Waals surface area (Å²) >= 11 is 0. The van der Waals surface area contributed by atoms with Gasteiger partial charge in [0.25, 0.3) is 10.2 Å². The summed E-state index contributed by atoms with van der Waals surface area (Å²) in [6, 6.07) is 8.64. The Hall–Kier alpha value is -2.83. The van der Waals surface area contributed by atoms with Crippen molar-refractivity contribution in [3.8, 4) is 0 Å². The lowest BCUT2D eigenvalue weighted by Gasteiger charge is -2.46. The number of benzene rings is 2. The molecule has 1 fully saturated rings. The van der Waals surface area contributed by atoms with Crippen molar-refractivity contribution in [1.82, 2.24) is 9.29 Å². The van der Waals surface area contributed by atoms with Crippen LogP contribution < -0.4 is 10.5 Å². The Bertz CT molecular complexity index is 1270. The molecule has 3 aromatic rings. The van der Waals surface area contributed by atoms with Crippen molar-refractivity contribution < 1.29 is 30.4 Å². The fourth-order valence-corrected chi connectivity index (χ4v) is 4.76. The summed E-state index contributed by atoms with van der Waals surface area (Å²) in [6.07, 6.45) is -4.74. The van der Waals surface area contributed by atoms with Gasteiger partial charge in [0.2, 0.25) is 0 Å². The van der Waals surface area contributed by atoms with E-state index in [0.29, 0.717) is 5.56 Å². The first-order chi connectivity index (χ1) is 14.9. The fraction of sp³-hybridized carbons (Fsp3) is 0.250. The van der Waals surface area contributed by atoms with Gasteiger partial charge in [-0.1, -0.05) is 12.1 Å². The zero-order valence-electron chi connectivity index (χ0n) is 16.3. The molecule has 2 atom stereocenters. The molecule has 3 N–H and O–H groups in total. The van der Waals surface area contributed by atoms with Crippen LogP contribution in [0.3, 0.4) is 0 Å². The van der Waals surface area contributed by atoms with Crippen LogP contribution in [0.1, 0.15) is 17.2 Å². The summed E-state index contributed by atoms with van der Waals surface area (Å²) in [7, 11) is -4.08. The molecule has 0 bridgehead atoms. The normalized spacial score (nSPS) is 19.7. The van der Waals surface area contributed by atoms with Gasteiger partial charge in [-0.3, -0.25) is 0 Å². The van der Waals surface area contributed by atoms with Gasteiger partial charge in [0.1, 0.15) is 17.3 Å². The van der Waals surface area contributed by atoms with Gasteiger partial charge in [0.05, 0.1) is 11.6 Å². The van der Waals surface area contributed by atoms with Crippen LogP contribution in [0, 0.1) is 11.6 Å². The second-order valence-corrected chi connectivity index (χ2v) is 8.93. The topological polar surface area (TPSA) is 88.3 Å². The average Bonchev–Trinajstić information content (AvgIpc) is 2.67. The molecule has 170 valence electrons. The molecule has 32 heavy (non-hydrogen) atoms. The summed E-state index contributed by atoms with van der Waals surface area (Å²) < 4.78 is 91.7. The number of nitrogens with two attached hydrogens (primary N) is 1. The van der Waals surface area contributed by atoms with Crippen LogP contribution in [-0.2, 0) is 16.4 Å². The zero-order valence-corrected chi connectivity index (χ0v) is 17.1.